The Morgan fingerprint density at radius 3 is 2.35 bits per heavy atom. The van der Waals surface area contributed by atoms with Gasteiger partial charge in [-0.05, 0) is 19.9 Å². The van der Waals surface area contributed by atoms with Crippen LogP contribution >= 0.6 is 32.9 Å². The molecule has 2 N–H and O–H groups in total. The van der Waals surface area contributed by atoms with Gasteiger partial charge < -0.3 is 5.73 Å². The van der Waals surface area contributed by atoms with Gasteiger partial charge in [0.25, 0.3) is 0 Å². The Hall–Kier alpha value is -0.330. The number of alkyl halides is 1. The molecule has 0 aliphatic heterocycles. The molecule has 6 heteroatoms. The second kappa shape index (κ2) is 6.02. The van der Waals surface area contributed by atoms with Gasteiger partial charge in [-0.3, -0.25) is 4.79 Å². The van der Waals surface area contributed by atoms with E-state index in [0.29, 0.717) is 0 Å². The van der Waals surface area contributed by atoms with E-state index in [1.54, 1.807) is 13.8 Å². The molecule has 0 atom stereocenters. The Labute approximate surface area is 117 Å². The van der Waals surface area contributed by atoms with E-state index >= 15 is 0 Å². The van der Waals surface area contributed by atoms with Crippen LogP contribution in [0.5, 0.6) is 0 Å². The first kappa shape index (κ1) is 16.7. The smallest absolute Gasteiger partial charge is 0.179 e. The molecule has 0 aliphatic rings. The Morgan fingerprint density at radius 1 is 1.41 bits per heavy atom. The average Bonchev–Trinajstić information content (AvgIpc) is 2.15. The minimum atomic E-state index is -0.959. The van der Waals surface area contributed by atoms with Gasteiger partial charge in [0.2, 0.25) is 0 Å². The summed E-state index contributed by atoms with van der Waals surface area (Å²) in [6.07, 6.45) is 0. The maximum absolute atomic E-state index is 13.9. The molecular formula is C11H13Br2F2NO. The highest BCUT2D eigenvalue weighted by atomic mass is 79.9. The fourth-order valence-electron chi connectivity index (χ4n) is 1.37. The molecule has 0 heterocycles. The number of carbonyl (C=O) groups is 1. The van der Waals surface area contributed by atoms with Crippen molar-refractivity contribution in [2.45, 2.75) is 19.4 Å². The Bertz CT molecular complexity index is 430. The molecule has 17 heavy (non-hydrogen) atoms. The van der Waals surface area contributed by atoms with Crippen molar-refractivity contribution in [1.82, 2.24) is 0 Å². The Balaban J connectivity index is 0.00000256. The van der Waals surface area contributed by atoms with Gasteiger partial charge in [-0.15, -0.1) is 17.0 Å². The Kier molecular flexibility index (Phi) is 5.90. The van der Waals surface area contributed by atoms with E-state index in [-0.39, 0.29) is 27.9 Å². The summed E-state index contributed by atoms with van der Waals surface area (Å²) >= 11 is 2.88. The average molecular weight is 373 g/mol. The molecular weight excluding hydrogens is 360 g/mol. The highest BCUT2D eigenvalue weighted by molar-refractivity contribution is 9.09. The first-order chi connectivity index (χ1) is 7.29. The number of nitrogens with two attached hydrogens (primary N) is 1. The van der Waals surface area contributed by atoms with Crippen LogP contribution in [0.3, 0.4) is 0 Å². The summed E-state index contributed by atoms with van der Waals surface area (Å²) in [4.78, 5) is 11.4. The van der Waals surface area contributed by atoms with Crippen LogP contribution in [0.15, 0.2) is 12.1 Å². The van der Waals surface area contributed by atoms with Crippen molar-refractivity contribution in [3.05, 3.63) is 34.9 Å². The molecule has 1 aromatic rings. The molecule has 0 fully saturated rings. The van der Waals surface area contributed by atoms with Crippen molar-refractivity contribution in [3.63, 3.8) is 0 Å². The normalized spacial score (nSPS) is 10.9. The number of rotatable bonds is 3. The number of halogens is 4. The molecule has 0 saturated carbocycles. The third-order valence-electron chi connectivity index (χ3n) is 2.19. The van der Waals surface area contributed by atoms with Gasteiger partial charge in [-0.1, -0.05) is 22.0 Å². The molecule has 0 unspecified atom stereocenters. The van der Waals surface area contributed by atoms with Crippen LogP contribution in [0, 0.1) is 11.6 Å². The maximum atomic E-state index is 13.9. The number of Topliss-reactive ketones (excluding diaryl/α,β-unsaturated/α-hetero) is 1. The molecule has 0 radical (unpaired) electrons. The Morgan fingerprint density at radius 2 is 1.94 bits per heavy atom. The summed E-state index contributed by atoms with van der Waals surface area (Å²) in [6.45, 7) is 3.18. The van der Waals surface area contributed by atoms with Crippen molar-refractivity contribution in [2.24, 2.45) is 5.73 Å². The van der Waals surface area contributed by atoms with Gasteiger partial charge in [-0.2, -0.15) is 0 Å². The van der Waals surface area contributed by atoms with Crippen LogP contribution in [0.4, 0.5) is 8.78 Å². The predicted molar refractivity (Wildman–Crippen MR) is 72.0 cm³/mol. The summed E-state index contributed by atoms with van der Waals surface area (Å²) < 4.78 is 27.2. The largest absolute Gasteiger partial charge is 0.322 e. The van der Waals surface area contributed by atoms with Crippen LogP contribution in [-0.2, 0) is 5.54 Å². The quantitative estimate of drug-likeness (QED) is 0.653. The van der Waals surface area contributed by atoms with Gasteiger partial charge in [0.15, 0.2) is 5.78 Å². The van der Waals surface area contributed by atoms with E-state index in [9.17, 15) is 13.6 Å². The predicted octanol–water partition coefficient (Wildman–Crippen LogP) is 3.31. The zero-order valence-electron chi connectivity index (χ0n) is 9.39. The van der Waals surface area contributed by atoms with Crippen molar-refractivity contribution in [2.75, 3.05) is 5.33 Å². The third kappa shape index (κ3) is 3.56. The van der Waals surface area contributed by atoms with Crippen LogP contribution in [0.25, 0.3) is 0 Å². The highest BCUT2D eigenvalue weighted by Crippen LogP contribution is 2.25. The third-order valence-corrected chi connectivity index (χ3v) is 2.69. The summed E-state index contributed by atoms with van der Waals surface area (Å²) in [7, 11) is 0. The van der Waals surface area contributed by atoms with Crippen LogP contribution in [0.1, 0.15) is 29.8 Å². The van der Waals surface area contributed by atoms with Crippen molar-refractivity contribution < 1.29 is 13.6 Å². The number of carbonyl (C=O) groups excluding carboxylic acids is 1. The molecule has 0 spiro atoms. The molecule has 0 bridgehead atoms. The highest BCUT2D eigenvalue weighted by Gasteiger charge is 2.25. The van der Waals surface area contributed by atoms with E-state index in [2.05, 4.69) is 15.9 Å². The van der Waals surface area contributed by atoms with E-state index in [0.717, 1.165) is 6.07 Å². The number of hydrogen-bond acceptors (Lipinski definition) is 2. The van der Waals surface area contributed by atoms with Gasteiger partial charge in [-0.25, -0.2) is 8.78 Å². The lowest BCUT2D eigenvalue weighted by atomic mass is 9.92. The number of hydrogen-bond donors (Lipinski definition) is 1. The lowest BCUT2D eigenvalue weighted by Crippen LogP contribution is -2.31. The number of benzene rings is 1. The summed E-state index contributed by atoms with van der Waals surface area (Å²) in [6, 6.07) is 2.32. The van der Waals surface area contributed by atoms with E-state index in [1.165, 1.54) is 6.07 Å². The van der Waals surface area contributed by atoms with Crippen LogP contribution < -0.4 is 5.73 Å². The molecule has 1 aromatic carbocycles. The minimum Gasteiger partial charge on any atom is -0.322 e. The SMILES string of the molecule is Br.CC(C)(N)c1ccc(F)c(C(=O)CBr)c1F. The fraction of sp³-hybridized carbons (Fsp3) is 0.364. The van der Waals surface area contributed by atoms with E-state index < -0.39 is 28.5 Å². The molecule has 0 saturated heterocycles. The van der Waals surface area contributed by atoms with Crippen molar-refractivity contribution >= 4 is 38.7 Å². The minimum absolute atomic E-state index is 0. The van der Waals surface area contributed by atoms with Crippen molar-refractivity contribution in [1.29, 1.82) is 0 Å². The lowest BCUT2D eigenvalue weighted by Gasteiger charge is -2.21. The second-order valence-corrected chi connectivity index (χ2v) is 4.62. The first-order valence-electron chi connectivity index (χ1n) is 4.65. The zero-order chi connectivity index (χ0) is 12.5. The zero-order valence-corrected chi connectivity index (χ0v) is 12.7. The monoisotopic (exact) mass is 371 g/mol. The van der Waals surface area contributed by atoms with Gasteiger partial charge in [0.05, 0.1) is 10.9 Å². The van der Waals surface area contributed by atoms with Gasteiger partial charge in [0, 0.05) is 11.1 Å². The summed E-state index contributed by atoms with van der Waals surface area (Å²) in [5.41, 5.74) is 4.36. The van der Waals surface area contributed by atoms with Crippen molar-refractivity contribution in [3.8, 4) is 0 Å². The molecule has 1 rings (SSSR count). The first-order valence-corrected chi connectivity index (χ1v) is 5.77. The fourth-order valence-corrected chi connectivity index (χ4v) is 1.65. The molecule has 96 valence electrons. The van der Waals surface area contributed by atoms with Gasteiger partial charge >= 0.3 is 0 Å². The summed E-state index contributed by atoms with van der Waals surface area (Å²) in [5, 5.41) is -0.130. The molecule has 2 nitrogen and oxygen atoms in total. The molecule has 0 aliphatic carbocycles. The van der Waals surface area contributed by atoms with Gasteiger partial charge in [0.1, 0.15) is 11.6 Å². The molecule has 0 amide bonds. The van der Waals surface area contributed by atoms with Crippen LogP contribution in [-0.4, -0.2) is 11.1 Å². The lowest BCUT2D eigenvalue weighted by molar-refractivity contribution is 0.101. The number of ketones is 1. The maximum Gasteiger partial charge on any atom is 0.179 e. The standard InChI is InChI=1S/C11H12BrF2NO.BrH/c1-11(2,15)6-3-4-7(13)9(10(6)14)8(16)5-12;/h3-4H,5,15H2,1-2H3;1H. The second-order valence-electron chi connectivity index (χ2n) is 4.06. The topological polar surface area (TPSA) is 43.1 Å². The molecule has 0 aromatic heterocycles. The van der Waals surface area contributed by atoms with E-state index in [1.807, 2.05) is 0 Å². The summed E-state index contributed by atoms with van der Waals surface area (Å²) in [5.74, 6) is -2.38. The van der Waals surface area contributed by atoms with E-state index in [4.69, 9.17) is 5.73 Å². The van der Waals surface area contributed by atoms with Crippen LogP contribution in [0.2, 0.25) is 0 Å².